The van der Waals surface area contributed by atoms with Crippen LogP contribution < -0.4 is 0 Å². The van der Waals surface area contributed by atoms with Crippen LogP contribution >= 0.6 is 0 Å². The number of ether oxygens (including phenoxy) is 4. The van der Waals surface area contributed by atoms with Crippen LogP contribution in [0.4, 0.5) is 0 Å². The van der Waals surface area contributed by atoms with Gasteiger partial charge in [-0.3, -0.25) is 4.79 Å². The van der Waals surface area contributed by atoms with E-state index in [1.54, 1.807) is 13.8 Å². The molecule has 0 N–H and O–H groups in total. The zero-order valence-electron chi connectivity index (χ0n) is 26.1. The van der Waals surface area contributed by atoms with Crippen LogP contribution in [0.15, 0.2) is 11.5 Å². The highest BCUT2D eigenvalue weighted by molar-refractivity contribution is 6.74. The van der Waals surface area contributed by atoms with E-state index in [4.69, 9.17) is 23.4 Å². The van der Waals surface area contributed by atoms with Gasteiger partial charge in [0.15, 0.2) is 17.7 Å². The van der Waals surface area contributed by atoms with Crippen LogP contribution in [0.3, 0.4) is 0 Å². The highest BCUT2D eigenvalue weighted by Gasteiger charge is 2.51. The van der Waals surface area contributed by atoms with Crippen molar-refractivity contribution in [2.45, 2.75) is 168 Å². The predicted molar refractivity (Wildman–Crippen MR) is 156 cm³/mol. The second-order valence-corrected chi connectivity index (χ2v) is 17.9. The Hall–Kier alpha value is -1.38. The van der Waals surface area contributed by atoms with Crippen LogP contribution in [0.1, 0.15) is 131 Å². The zero-order chi connectivity index (χ0) is 29.1. The summed E-state index contributed by atoms with van der Waals surface area (Å²) in [6, 6.07) is 0. The molecule has 226 valence electrons. The lowest BCUT2D eigenvalue weighted by molar-refractivity contribution is -0.165. The predicted octanol–water partition coefficient (Wildman–Crippen LogP) is 8.32. The van der Waals surface area contributed by atoms with Gasteiger partial charge >= 0.3 is 11.9 Å². The van der Waals surface area contributed by atoms with E-state index in [2.05, 4.69) is 27.7 Å². The third-order valence-corrected chi connectivity index (χ3v) is 12.5. The fourth-order valence-electron chi connectivity index (χ4n) is 4.63. The number of hydrogen-bond donors (Lipinski definition) is 0. The average molecular weight is 569 g/mol. The molecule has 1 saturated heterocycles. The lowest BCUT2D eigenvalue weighted by atomic mass is 10.0. The lowest BCUT2D eigenvalue weighted by Gasteiger charge is -2.36. The van der Waals surface area contributed by atoms with Crippen molar-refractivity contribution in [3.63, 3.8) is 0 Å². The molecular formula is C31H56O7Si. The van der Waals surface area contributed by atoms with Crippen molar-refractivity contribution in [1.82, 2.24) is 0 Å². The standard InChI is InChI=1S/C31H56O7Si/c1-9-10-11-12-13-14-15-16-17-18-19-20-21-22-25(32)35-27-26(24-23-34-31(5,6)37-24)36-29(33)28(27)38-39(7,8)30(2,3)4/h24,26H,9-23H2,1-8H3/t24-,26-/m0/s1. The van der Waals surface area contributed by atoms with E-state index in [9.17, 15) is 9.59 Å². The van der Waals surface area contributed by atoms with Crippen LogP contribution in [0, 0.1) is 0 Å². The van der Waals surface area contributed by atoms with Crippen molar-refractivity contribution in [1.29, 1.82) is 0 Å². The summed E-state index contributed by atoms with van der Waals surface area (Å²) in [5, 5.41) is -0.142. The van der Waals surface area contributed by atoms with Gasteiger partial charge in [0.2, 0.25) is 5.76 Å². The number of carbonyl (C=O) groups is 2. The van der Waals surface area contributed by atoms with Crippen molar-refractivity contribution in [3.8, 4) is 0 Å². The molecular weight excluding hydrogens is 512 g/mol. The summed E-state index contributed by atoms with van der Waals surface area (Å²) in [6.45, 7) is 16.5. The topological polar surface area (TPSA) is 80.3 Å². The molecule has 2 atom stereocenters. The molecule has 0 bridgehead atoms. The Bertz CT molecular complexity index is 812. The molecule has 2 rings (SSSR count). The van der Waals surface area contributed by atoms with Gasteiger partial charge in [0.1, 0.15) is 6.10 Å². The molecule has 1 fully saturated rings. The summed E-state index contributed by atoms with van der Waals surface area (Å²) in [4.78, 5) is 25.8. The first kappa shape index (κ1) is 33.8. The highest BCUT2D eigenvalue weighted by Crippen LogP contribution is 2.41. The number of cyclic esters (lactones) is 1. The molecule has 0 amide bonds. The average Bonchev–Trinajstić information content (AvgIpc) is 3.34. The lowest BCUT2D eigenvalue weighted by Crippen LogP contribution is -2.41. The van der Waals surface area contributed by atoms with E-state index in [0.29, 0.717) is 6.42 Å². The minimum atomic E-state index is -2.38. The van der Waals surface area contributed by atoms with Gasteiger partial charge in [0.25, 0.3) is 8.32 Å². The maximum atomic E-state index is 12.9. The van der Waals surface area contributed by atoms with Crippen LogP contribution in [0.2, 0.25) is 18.1 Å². The normalized spacial score (nSPS) is 21.4. The van der Waals surface area contributed by atoms with Gasteiger partial charge in [-0.15, -0.1) is 0 Å². The molecule has 0 aliphatic carbocycles. The van der Waals surface area contributed by atoms with Gasteiger partial charge in [-0.1, -0.05) is 105 Å². The number of rotatable bonds is 18. The minimum Gasteiger partial charge on any atom is -0.536 e. The molecule has 39 heavy (non-hydrogen) atoms. The molecule has 7 nitrogen and oxygen atoms in total. The molecule has 0 unspecified atom stereocenters. The van der Waals surface area contributed by atoms with E-state index >= 15 is 0 Å². The van der Waals surface area contributed by atoms with Crippen LogP contribution in [0.5, 0.6) is 0 Å². The second-order valence-electron chi connectivity index (χ2n) is 13.2. The van der Waals surface area contributed by atoms with Gasteiger partial charge < -0.3 is 23.4 Å². The Morgan fingerprint density at radius 2 is 1.44 bits per heavy atom. The van der Waals surface area contributed by atoms with E-state index in [1.165, 1.54) is 64.2 Å². The van der Waals surface area contributed by atoms with Gasteiger partial charge in [0, 0.05) is 6.42 Å². The largest absolute Gasteiger partial charge is 0.536 e. The number of carbonyl (C=O) groups excluding carboxylic acids is 2. The molecule has 0 aromatic carbocycles. The summed E-state index contributed by atoms with van der Waals surface area (Å²) in [5.41, 5.74) is 0. The van der Waals surface area contributed by atoms with Gasteiger partial charge in [-0.25, -0.2) is 4.79 Å². The molecule has 2 aliphatic heterocycles. The molecule has 0 radical (unpaired) electrons. The van der Waals surface area contributed by atoms with Crippen molar-refractivity contribution < 1.29 is 33.0 Å². The Labute approximate surface area is 238 Å². The quantitative estimate of drug-likeness (QED) is 0.0934. The number of hydrogen-bond acceptors (Lipinski definition) is 7. The first-order valence-corrected chi connectivity index (χ1v) is 18.3. The van der Waals surface area contributed by atoms with Gasteiger partial charge in [0.05, 0.1) is 6.61 Å². The van der Waals surface area contributed by atoms with E-state index in [0.717, 1.165) is 19.3 Å². The molecule has 0 aromatic heterocycles. The zero-order valence-corrected chi connectivity index (χ0v) is 27.1. The van der Waals surface area contributed by atoms with E-state index < -0.39 is 32.3 Å². The maximum absolute atomic E-state index is 12.9. The summed E-state index contributed by atoms with van der Waals surface area (Å²) in [6.07, 6.45) is 15.0. The Balaban J connectivity index is 1.84. The number of esters is 2. The van der Waals surface area contributed by atoms with Crippen LogP contribution in [-0.4, -0.2) is 44.9 Å². The highest BCUT2D eigenvalue weighted by atomic mass is 28.4. The van der Waals surface area contributed by atoms with Crippen LogP contribution in [-0.2, 0) is 33.0 Å². The summed E-state index contributed by atoms with van der Waals surface area (Å²) >= 11 is 0. The maximum Gasteiger partial charge on any atom is 0.376 e. The minimum absolute atomic E-state index is 0.0126. The molecule has 0 aromatic rings. The molecule has 0 saturated carbocycles. The Kier molecular flexibility index (Phi) is 13.5. The van der Waals surface area contributed by atoms with Gasteiger partial charge in [-0.05, 0) is 38.4 Å². The fraction of sp³-hybridized carbons (Fsp3) is 0.871. The summed E-state index contributed by atoms with van der Waals surface area (Å²) < 4.78 is 29.4. The van der Waals surface area contributed by atoms with Crippen molar-refractivity contribution in [3.05, 3.63) is 11.5 Å². The first-order valence-electron chi connectivity index (χ1n) is 15.4. The Morgan fingerprint density at radius 3 is 1.90 bits per heavy atom. The van der Waals surface area contributed by atoms with Crippen molar-refractivity contribution in [2.24, 2.45) is 0 Å². The molecule has 2 heterocycles. The Morgan fingerprint density at radius 1 is 0.923 bits per heavy atom. The SMILES string of the molecule is CCCCCCCCCCCCCCCC(=O)OC1=C(O[Si](C)(C)C(C)(C)C)C(=O)O[C@H]1[C@@H]1COC(C)(C)O1. The second kappa shape index (κ2) is 15.6. The molecule has 0 spiro atoms. The van der Waals surface area contributed by atoms with Crippen LogP contribution in [0.25, 0.3) is 0 Å². The van der Waals surface area contributed by atoms with E-state index in [-0.39, 0.29) is 29.1 Å². The first-order chi connectivity index (χ1) is 18.3. The third kappa shape index (κ3) is 11.2. The molecule has 2 aliphatic rings. The van der Waals surface area contributed by atoms with E-state index in [1.807, 2.05) is 13.1 Å². The van der Waals surface area contributed by atoms with Crippen molar-refractivity contribution in [2.75, 3.05) is 6.61 Å². The smallest absolute Gasteiger partial charge is 0.376 e. The monoisotopic (exact) mass is 568 g/mol. The summed E-state index contributed by atoms with van der Waals surface area (Å²) in [7, 11) is -2.38. The fourth-order valence-corrected chi connectivity index (χ4v) is 5.63. The third-order valence-electron chi connectivity index (χ3n) is 8.14. The summed E-state index contributed by atoms with van der Waals surface area (Å²) in [5.74, 6) is -1.63. The molecule has 8 heteroatoms. The number of unbranched alkanes of at least 4 members (excludes halogenated alkanes) is 12. The van der Waals surface area contributed by atoms with Crippen molar-refractivity contribution >= 4 is 20.3 Å². The van der Waals surface area contributed by atoms with Gasteiger partial charge in [-0.2, -0.15) is 0 Å².